The van der Waals surface area contributed by atoms with E-state index in [-0.39, 0.29) is 5.56 Å². The van der Waals surface area contributed by atoms with Crippen LogP contribution in [0.3, 0.4) is 0 Å². The van der Waals surface area contributed by atoms with Crippen molar-refractivity contribution in [2.45, 2.75) is 38.5 Å². The van der Waals surface area contributed by atoms with Gasteiger partial charge < -0.3 is 9.72 Å². The van der Waals surface area contributed by atoms with Gasteiger partial charge in [0.2, 0.25) is 0 Å². The lowest BCUT2D eigenvalue weighted by Gasteiger charge is -2.15. The van der Waals surface area contributed by atoms with E-state index in [0.29, 0.717) is 5.56 Å². The fourth-order valence-electron chi connectivity index (χ4n) is 3.50. The van der Waals surface area contributed by atoms with Crippen LogP contribution in [0.5, 0.6) is 5.75 Å². The number of ether oxygens (including phenoxy) is 1. The maximum Gasteiger partial charge on any atom is 0.282 e. The van der Waals surface area contributed by atoms with E-state index in [9.17, 15) is 4.79 Å². The van der Waals surface area contributed by atoms with Crippen molar-refractivity contribution >= 4 is 0 Å². The molecule has 0 unspecified atom stereocenters. The van der Waals surface area contributed by atoms with E-state index in [1.54, 1.807) is 7.11 Å². The molecule has 0 amide bonds. The fourth-order valence-corrected chi connectivity index (χ4v) is 3.50. The van der Waals surface area contributed by atoms with Crippen LogP contribution in [0.25, 0.3) is 16.9 Å². The van der Waals surface area contributed by atoms with E-state index in [4.69, 9.17) is 4.74 Å². The van der Waals surface area contributed by atoms with Crippen LogP contribution in [0.2, 0.25) is 0 Å². The van der Waals surface area contributed by atoms with Crippen LogP contribution in [-0.4, -0.2) is 21.9 Å². The summed E-state index contributed by atoms with van der Waals surface area (Å²) in [6.07, 6.45) is 8.72. The molecule has 2 aliphatic heterocycles. The number of H-pyrrole nitrogens is 1. The topological polar surface area (TPSA) is 59.9 Å². The third kappa shape index (κ3) is 2.50. The van der Waals surface area contributed by atoms with E-state index < -0.39 is 0 Å². The minimum absolute atomic E-state index is 0.0729. The molecule has 4 rings (SSSR count). The number of rotatable bonds is 2. The number of hydrogen-bond acceptors (Lipinski definition) is 3. The Morgan fingerprint density at radius 3 is 2.58 bits per heavy atom. The average molecular weight is 323 g/mol. The number of methoxy groups -OCH3 is 1. The molecular formula is C19H21N3O2. The summed E-state index contributed by atoms with van der Waals surface area (Å²) in [5, 5.41) is 4.67. The lowest BCUT2D eigenvalue weighted by molar-refractivity contribution is 0.414. The highest BCUT2D eigenvalue weighted by Gasteiger charge is 2.22. The van der Waals surface area contributed by atoms with Crippen molar-refractivity contribution in [1.82, 2.24) is 14.8 Å². The second-order valence-corrected chi connectivity index (χ2v) is 6.34. The number of nitrogens with one attached hydrogen (secondary N) is 1. The zero-order chi connectivity index (χ0) is 16.5. The Labute approximate surface area is 140 Å². The third-order valence-corrected chi connectivity index (χ3v) is 4.84. The van der Waals surface area contributed by atoms with Gasteiger partial charge in [0.05, 0.1) is 18.4 Å². The molecule has 0 fully saturated rings. The Balaban J connectivity index is 1.85. The second kappa shape index (κ2) is 6.15. The van der Waals surface area contributed by atoms with Crippen molar-refractivity contribution in [1.29, 1.82) is 0 Å². The number of hydrogen-bond donors (Lipinski definition) is 1. The number of aromatic nitrogens is 3. The number of aromatic amines is 1. The first kappa shape index (κ1) is 15.0. The Morgan fingerprint density at radius 2 is 1.83 bits per heavy atom. The molecule has 0 bridgehead atoms. The minimum Gasteiger partial charge on any atom is -0.497 e. The van der Waals surface area contributed by atoms with E-state index >= 15 is 0 Å². The molecule has 0 saturated carbocycles. The summed E-state index contributed by atoms with van der Waals surface area (Å²) in [5.74, 6) is 0.765. The summed E-state index contributed by atoms with van der Waals surface area (Å²) >= 11 is 0. The molecule has 5 nitrogen and oxygen atoms in total. The summed E-state index contributed by atoms with van der Waals surface area (Å²) in [6, 6.07) is 7.41. The van der Waals surface area contributed by atoms with E-state index in [1.165, 1.54) is 35.2 Å². The molecule has 0 aromatic heterocycles. The molecule has 0 spiro atoms. The predicted octanol–water partition coefficient (Wildman–Crippen LogP) is 3.33. The Morgan fingerprint density at radius 1 is 1.08 bits per heavy atom. The zero-order valence-electron chi connectivity index (χ0n) is 13.8. The fraction of sp³-hybridized carbons (Fsp3) is 0.368. The van der Waals surface area contributed by atoms with Gasteiger partial charge in [-0.1, -0.05) is 12.8 Å². The first-order valence-electron chi connectivity index (χ1n) is 8.54. The quantitative estimate of drug-likeness (QED) is 0.787. The van der Waals surface area contributed by atoms with Gasteiger partial charge in [0.15, 0.2) is 0 Å². The Hall–Kier alpha value is -2.56. The Kier molecular flexibility index (Phi) is 3.84. The molecule has 1 aromatic rings. The molecule has 124 valence electrons. The largest absolute Gasteiger partial charge is 0.497 e. The van der Waals surface area contributed by atoms with Crippen molar-refractivity contribution in [3.63, 3.8) is 0 Å². The van der Waals surface area contributed by atoms with Gasteiger partial charge in [-0.3, -0.25) is 4.79 Å². The molecule has 0 atom stereocenters. The van der Waals surface area contributed by atoms with Crippen molar-refractivity contribution < 1.29 is 4.74 Å². The number of nitrogens with zero attached hydrogens (tertiary/aromatic N) is 2. The van der Waals surface area contributed by atoms with Crippen LogP contribution in [0.1, 0.15) is 36.9 Å². The van der Waals surface area contributed by atoms with Crippen LogP contribution in [0, 0.1) is 0 Å². The van der Waals surface area contributed by atoms with E-state index in [0.717, 1.165) is 36.4 Å². The maximum absolute atomic E-state index is 12.8. The number of benzene rings is 1. The number of fused-ring (bicyclic) bond motifs is 3. The van der Waals surface area contributed by atoms with Crippen molar-refractivity contribution in [3.05, 3.63) is 52.1 Å². The summed E-state index contributed by atoms with van der Waals surface area (Å²) in [4.78, 5) is 16.1. The molecule has 2 heterocycles. The first-order valence-corrected chi connectivity index (χ1v) is 8.54. The zero-order valence-corrected chi connectivity index (χ0v) is 13.8. The SMILES string of the molecule is COc1ccc(-n2nc3c4c([nH]cc-3c2=O)CCCCCC4)cc1. The monoisotopic (exact) mass is 323 g/mol. The highest BCUT2D eigenvalue weighted by molar-refractivity contribution is 5.65. The van der Waals surface area contributed by atoms with Gasteiger partial charge in [-0.05, 0) is 55.5 Å². The summed E-state index contributed by atoms with van der Waals surface area (Å²) in [7, 11) is 1.63. The van der Waals surface area contributed by atoms with Crippen LogP contribution in [-0.2, 0) is 12.8 Å². The van der Waals surface area contributed by atoms with Gasteiger partial charge in [-0.2, -0.15) is 9.78 Å². The van der Waals surface area contributed by atoms with Gasteiger partial charge in [0, 0.05) is 11.9 Å². The molecule has 24 heavy (non-hydrogen) atoms. The number of aryl methyl sites for hydroxylation is 1. The molecule has 1 N–H and O–H groups in total. The highest BCUT2D eigenvalue weighted by atomic mass is 16.5. The Bertz CT molecular complexity index is 877. The lowest BCUT2D eigenvalue weighted by atomic mass is 9.94. The van der Waals surface area contributed by atoms with Gasteiger partial charge in [-0.25, -0.2) is 0 Å². The molecule has 0 saturated heterocycles. The van der Waals surface area contributed by atoms with Crippen molar-refractivity contribution in [2.75, 3.05) is 7.11 Å². The van der Waals surface area contributed by atoms with Crippen LogP contribution in [0.4, 0.5) is 0 Å². The van der Waals surface area contributed by atoms with E-state index in [1.807, 2.05) is 30.5 Å². The molecule has 1 aliphatic carbocycles. The highest BCUT2D eigenvalue weighted by Crippen LogP contribution is 2.28. The van der Waals surface area contributed by atoms with Crippen LogP contribution < -0.4 is 10.3 Å². The van der Waals surface area contributed by atoms with Gasteiger partial charge in [-0.15, -0.1) is 0 Å². The summed E-state index contributed by atoms with van der Waals surface area (Å²) in [6.45, 7) is 0. The van der Waals surface area contributed by atoms with Crippen LogP contribution >= 0.6 is 0 Å². The lowest BCUT2D eigenvalue weighted by Crippen LogP contribution is -2.14. The molecule has 1 aromatic carbocycles. The molecule has 3 aliphatic rings. The van der Waals surface area contributed by atoms with E-state index in [2.05, 4.69) is 10.1 Å². The maximum atomic E-state index is 12.8. The minimum atomic E-state index is -0.0729. The van der Waals surface area contributed by atoms with Gasteiger partial charge in [0.1, 0.15) is 11.4 Å². The van der Waals surface area contributed by atoms with Crippen molar-refractivity contribution in [3.8, 4) is 22.7 Å². The number of pyridine rings is 1. The molecule has 5 heteroatoms. The first-order chi connectivity index (χ1) is 11.8. The second-order valence-electron chi connectivity index (χ2n) is 6.34. The third-order valence-electron chi connectivity index (χ3n) is 4.84. The summed E-state index contributed by atoms with van der Waals surface area (Å²) in [5.41, 5.74) is 4.67. The summed E-state index contributed by atoms with van der Waals surface area (Å²) < 4.78 is 6.68. The predicted molar refractivity (Wildman–Crippen MR) is 93.2 cm³/mol. The van der Waals surface area contributed by atoms with Crippen molar-refractivity contribution in [2.24, 2.45) is 0 Å². The average Bonchev–Trinajstić information content (AvgIpc) is 2.92. The smallest absolute Gasteiger partial charge is 0.282 e. The van der Waals surface area contributed by atoms with Gasteiger partial charge in [0.25, 0.3) is 5.56 Å². The molecule has 0 radical (unpaired) electrons. The molecular weight excluding hydrogens is 302 g/mol. The van der Waals surface area contributed by atoms with Gasteiger partial charge >= 0.3 is 0 Å². The normalized spacial score (nSPS) is 14.9. The standard InChI is InChI=1S/C19H21N3O2/c1-24-14-10-8-13(9-11-14)22-19(23)16-12-20-17-7-5-3-2-4-6-15(17)18(16)21-22/h8-12,20H,2-7H2,1H3. The van der Waals surface area contributed by atoms with Crippen LogP contribution in [0.15, 0.2) is 35.3 Å².